The molecule has 3 rings (SSSR count). The highest BCUT2D eigenvalue weighted by molar-refractivity contribution is 5.92. The summed E-state index contributed by atoms with van der Waals surface area (Å²) in [5.74, 6) is 1.32. The van der Waals surface area contributed by atoms with Crippen molar-refractivity contribution in [2.24, 2.45) is 5.92 Å². The Hall–Kier alpha value is -2.47. The van der Waals surface area contributed by atoms with Gasteiger partial charge in [0.1, 0.15) is 17.9 Å². The molecule has 1 saturated heterocycles. The highest BCUT2D eigenvalue weighted by atomic mass is 16.5. The molecule has 23 heavy (non-hydrogen) atoms. The van der Waals surface area contributed by atoms with Crippen molar-refractivity contribution in [2.75, 3.05) is 25.5 Å². The number of piperidine rings is 1. The van der Waals surface area contributed by atoms with E-state index in [1.165, 1.54) is 6.33 Å². The Balaban J connectivity index is 1.78. The predicted octanol–water partition coefficient (Wildman–Crippen LogP) is 2.09. The number of aromatic nitrogens is 2. The molecule has 0 aliphatic carbocycles. The van der Waals surface area contributed by atoms with Crippen LogP contribution in [0.25, 0.3) is 11.3 Å². The first-order valence-electron chi connectivity index (χ1n) is 7.75. The van der Waals surface area contributed by atoms with E-state index >= 15 is 0 Å². The molecule has 1 aromatic heterocycles. The fourth-order valence-electron chi connectivity index (χ4n) is 2.74. The molecule has 0 unspecified atom stereocenters. The van der Waals surface area contributed by atoms with Gasteiger partial charge in [0.25, 0.3) is 0 Å². The highest BCUT2D eigenvalue weighted by Gasteiger charge is 2.21. The first-order valence-corrected chi connectivity index (χ1v) is 7.75. The quantitative estimate of drug-likeness (QED) is 0.904. The van der Waals surface area contributed by atoms with Gasteiger partial charge in [0.05, 0.1) is 12.8 Å². The Morgan fingerprint density at radius 1 is 1.26 bits per heavy atom. The molecule has 1 fully saturated rings. The van der Waals surface area contributed by atoms with Crippen LogP contribution in [-0.4, -0.2) is 36.1 Å². The van der Waals surface area contributed by atoms with Crippen LogP contribution in [0.4, 0.5) is 5.82 Å². The van der Waals surface area contributed by atoms with Gasteiger partial charge >= 0.3 is 0 Å². The lowest BCUT2D eigenvalue weighted by Crippen LogP contribution is -2.34. The zero-order valence-corrected chi connectivity index (χ0v) is 13.1. The molecule has 1 aliphatic rings. The van der Waals surface area contributed by atoms with E-state index < -0.39 is 0 Å². The number of rotatable bonds is 4. The van der Waals surface area contributed by atoms with Crippen molar-refractivity contribution in [3.05, 3.63) is 36.7 Å². The van der Waals surface area contributed by atoms with Crippen LogP contribution in [0.5, 0.6) is 5.75 Å². The van der Waals surface area contributed by atoms with E-state index in [1.807, 2.05) is 24.3 Å². The topological polar surface area (TPSA) is 76.1 Å². The summed E-state index contributed by atoms with van der Waals surface area (Å²) in [6.45, 7) is 1.77. The molecule has 1 amide bonds. The van der Waals surface area contributed by atoms with Gasteiger partial charge in [-0.3, -0.25) is 4.79 Å². The van der Waals surface area contributed by atoms with Gasteiger partial charge < -0.3 is 15.4 Å². The maximum atomic E-state index is 12.3. The van der Waals surface area contributed by atoms with E-state index in [2.05, 4.69) is 20.6 Å². The molecule has 0 spiro atoms. The van der Waals surface area contributed by atoms with Crippen molar-refractivity contribution in [3.8, 4) is 17.0 Å². The Morgan fingerprint density at radius 3 is 2.83 bits per heavy atom. The van der Waals surface area contributed by atoms with Crippen LogP contribution < -0.4 is 15.4 Å². The molecule has 0 bridgehead atoms. The van der Waals surface area contributed by atoms with Gasteiger partial charge in [-0.05, 0) is 38.1 Å². The number of ether oxygens (including phenoxy) is 1. The van der Waals surface area contributed by atoms with Crippen molar-refractivity contribution in [1.82, 2.24) is 15.3 Å². The van der Waals surface area contributed by atoms with E-state index in [4.69, 9.17) is 4.74 Å². The molecule has 6 nitrogen and oxygen atoms in total. The summed E-state index contributed by atoms with van der Waals surface area (Å²) >= 11 is 0. The fraction of sp³-hybridized carbons (Fsp3) is 0.353. The molecule has 0 saturated carbocycles. The van der Waals surface area contributed by atoms with Gasteiger partial charge in [-0.2, -0.15) is 0 Å². The summed E-state index contributed by atoms with van der Waals surface area (Å²) in [7, 11) is 1.62. The van der Waals surface area contributed by atoms with Crippen molar-refractivity contribution < 1.29 is 9.53 Å². The predicted molar refractivity (Wildman–Crippen MR) is 88.2 cm³/mol. The lowest BCUT2D eigenvalue weighted by atomic mass is 9.97. The minimum absolute atomic E-state index is 0.0242. The zero-order chi connectivity index (χ0) is 16.1. The minimum Gasteiger partial charge on any atom is -0.496 e. The number of benzene rings is 1. The molecule has 0 radical (unpaired) electrons. The van der Waals surface area contributed by atoms with E-state index in [0.717, 1.165) is 42.9 Å². The van der Waals surface area contributed by atoms with Crippen molar-refractivity contribution in [2.45, 2.75) is 12.8 Å². The molecule has 120 valence electrons. The number of carbonyl (C=O) groups is 1. The molecule has 6 heteroatoms. The third-order valence-corrected chi connectivity index (χ3v) is 4.01. The molecule has 1 aromatic carbocycles. The molecular formula is C17H20N4O2. The summed E-state index contributed by atoms with van der Waals surface area (Å²) in [5, 5.41) is 6.16. The van der Waals surface area contributed by atoms with Gasteiger partial charge in [-0.15, -0.1) is 0 Å². The van der Waals surface area contributed by atoms with Crippen molar-refractivity contribution in [3.63, 3.8) is 0 Å². The molecule has 2 aromatic rings. The van der Waals surface area contributed by atoms with Gasteiger partial charge in [0.2, 0.25) is 5.91 Å². The van der Waals surface area contributed by atoms with Crippen molar-refractivity contribution >= 4 is 11.7 Å². The van der Waals surface area contributed by atoms with E-state index in [9.17, 15) is 4.79 Å². The van der Waals surface area contributed by atoms with Gasteiger partial charge in [0.15, 0.2) is 0 Å². The summed E-state index contributed by atoms with van der Waals surface area (Å²) in [6, 6.07) is 9.41. The van der Waals surface area contributed by atoms with Crippen LogP contribution >= 0.6 is 0 Å². The Morgan fingerprint density at radius 2 is 2.04 bits per heavy atom. The summed E-state index contributed by atoms with van der Waals surface area (Å²) < 4.78 is 5.36. The second-order valence-electron chi connectivity index (χ2n) is 5.50. The average Bonchev–Trinajstić information content (AvgIpc) is 2.62. The maximum Gasteiger partial charge on any atom is 0.228 e. The average molecular weight is 312 g/mol. The number of nitrogens with one attached hydrogen (secondary N) is 2. The Kier molecular flexibility index (Phi) is 4.83. The van der Waals surface area contributed by atoms with Crippen LogP contribution in [-0.2, 0) is 4.79 Å². The molecule has 1 aliphatic heterocycles. The van der Waals surface area contributed by atoms with Crippen LogP contribution in [0.1, 0.15) is 12.8 Å². The van der Waals surface area contributed by atoms with E-state index in [-0.39, 0.29) is 11.8 Å². The second-order valence-corrected chi connectivity index (χ2v) is 5.50. The van der Waals surface area contributed by atoms with Crippen LogP contribution in [0.15, 0.2) is 36.7 Å². The number of hydrogen-bond donors (Lipinski definition) is 2. The van der Waals surface area contributed by atoms with Crippen LogP contribution in [0, 0.1) is 5.92 Å². The third kappa shape index (κ3) is 3.65. The number of hydrogen-bond acceptors (Lipinski definition) is 5. The van der Waals surface area contributed by atoms with Gasteiger partial charge in [0, 0.05) is 17.5 Å². The second kappa shape index (κ2) is 7.19. The monoisotopic (exact) mass is 312 g/mol. The number of carbonyl (C=O) groups excluding carboxylic acids is 1. The summed E-state index contributed by atoms with van der Waals surface area (Å²) in [6.07, 6.45) is 3.17. The smallest absolute Gasteiger partial charge is 0.228 e. The standard InChI is InChI=1S/C17H20N4O2/c1-23-15-5-3-2-4-13(15)14-10-16(20-11-19-14)21-17(22)12-6-8-18-9-7-12/h2-5,10-12,18H,6-9H2,1H3,(H,19,20,21,22). The number of para-hydroxylation sites is 1. The molecule has 0 atom stereocenters. The third-order valence-electron chi connectivity index (χ3n) is 4.01. The summed E-state index contributed by atoms with van der Waals surface area (Å²) in [4.78, 5) is 20.8. The SMILES string of the molecule is COc1ccccc1-c1cc(NC(=O)C2CCNCC2)ncn1. The first kappa shape index (κ1) is 15.4. The number of amides is 1. The largest absolute Gasteiger partial charge is 0.496 e. The lowest BCUT2D eigenvalue weighted by molar-refractivity contribution is -0.120. The number of nitrogens with zero attached hydrogens (tertiary/aromatic N) is 2. The zero-order valence-electron chi connectivity index (χ0n) is 13.1. The molecular weight excluding hydrogens is 292 g/mol. The molecule has 2 heterocycles. The van der Waals surface area contributed by atoms with Crippen LogP contribution in [0.2, 0.25) is 0 Å². The Bertz CT molecular complexity index is 684. The number of methoxy groups -OCH3 is 1. The van der Waals surface area contributed by atoms with Crippen LogP contribution in [0.3, 0.4) is 0 Å². The lowest BCUT2D eigenvalue weighted by Gasteiger charge is -2.21. The van der Waals surface area contributed by atoms with Crippen molar-refractivity contribution in [1.29, 1.82) is 0 Å². The first-order chi connectivity index (χ1) is 11.3. The summed E-state index contributed by atoms with van der Waals surface area (Å²) in [5.41, 5.74) is 1.59. The van der Waals surface area contributed by atoms with Gasteiger partial charge in [-0.25, -0.2) is 9.97 Å². The van der Waals surface area contributed by atoms with E-state index in [0.29, 0.717) is 5.82 Å². The van der Waals surface area contributed by atoms with Gasteiger partial charge in [-0.1, -0.05) is 12.1 Å². The normalized spacial score (nSPS) is 15.2. The minimum atomic E-state index is 0.0242. The number of anilines is 1. The molecule has 2 N–H and O–H groups in total. The fourth-order valence-corrected chi connectivity index (χ4v) is 2.74. The Labute approximate surface area is 135 Å². The van der Waals surface area contributed by atoms with E-state index in [1.54, 1.807) is 13.2 Å². The maximum absolute atomic E-state index is 12.3. The highest BCUT2D eigenvalue weighted by Crippen LogP contribution is 2.28.